The number of pyridine rings is 1. The van der Waals surface area contributed by atoms with Crippen molar-refractivity contribution in [1.82, 2.24) is 25.2 Å². The number of fused-ring (bicyclic) bond motifs is 1. The number of benzene rings is 1. The number of amides is 2. The molecule has 8 heteroatoms. The first kappa shape index (κ1) is 22.8. The van der Waals surface area contributed by atoms with E-state index in [2.05, 4.69) is 27.1 Å². The van der Waals surface area contributed by atoms with Gasteiger partial charge in [-0.25, -0.2) is 9.78 Å². The van der Waals surface area contributed by atoms with E-state index in [4.69, 9.17) is 9.72 Å². The molecule has 1 aliphatic carbocycles. The van der Waals surface area contributed by atoms with Crippen molar-refractivity contribution in [3.63, 3.8) is 0 Å². The van der Waals surface area contributed by atoms with Crippen LogP contribution < -0.4 is 10.6 Å². The topological polar surface area (TPSA) is 98.1 Å². The maximum atomic E-state index is 12.2. The van der Waals surface area contributed by atoms with Crippen molar-refractivity contribution in [3.05, 3.63) is 48.2 Å². The summed E-state index contributed by atoms with van der Waals surface area (Å²) in [5, 5.41) is 5.71. The molecular weight excluding hydrogens is 418 g/mol. The molecule has 1 saturated carbocycles. The summed E-state index contributed by atoms with van der Waals surface area (Å²) in [7, 11) is 1.62. The van der Waals surface area contributed by atoms with Gasteiger partial charge in [0.1, 0.15) is 5.69 Å². The number of ether oxygens (including phenoxy) is 1. The number of carbonyl (C=O) groups excluding carboxylic acids is 2. The molecule has 2 atom stereocenters. The van der Waals surface area contributed by atoms with E-state index in [0.29, 0.717) is 12.2 Å². The van der Waals surface area contributed by atoms with Crippen molar-refractivity contribution in [2.24, 2.45) is 0 Å². The predicted molar refractivity (Wildman–Crippen MR) is 127 cm³/mol. The highest BCUT2D eigenvalue weighted by Crippen LogP contribution is 2.36. The van der Waals surface area contributed by atoms with Crippen LogP contribution in [0, 0.1) is 0 Å². The second-order valence-electron chi connectivity index (χ2n) is 8.45. The number of nitrogens with one attached hydrogen (secondary N) is 2. The molecule has 174 valence electrons. The third-order valence-electron chi connectivity index (χ3n) is 6.14. The summed E-state index contributed by atoms with van der Waals surface area (Å²) in [5.74, 6) is 0.630. The van der Waals surface area contributed by atoms with Crippen molar-refractivity contribution in [2.45, 2.75) is 57.5 Å². The standard InChI is InChI=1S/C25H31N5O3/c1-3-4-14-33-25(32)28-18-8-7-9-19(16-18)30-22-12-11-17(24(31)26-2)15-21(22)29-23(30)20-10-5-6-13-27-20/h5-6,10-13,15,18-19H,3-4,7-9,14,16H2,1-2H3,(H,26,31)(H,28,32)/t18-,19+/m0/s1. The lowest BCUT2D eigenvalue weighted by Crippen LogP contribution is -2.39. The Kier molecular flexibility index (Phi) is 7.22. The van der Waals surface area contributed by atoms with E-state index in [0.717, 1.165) is 61.1 Å². The first-order chi connectivity index (χ1) is 16.1. The zero-order valence-corrected chi connectivity index (χ0v) is 19.2. The van der Waals surface area contributed by atoms with E-state index < -0.39 is 0 Å². The fourth-order valence-corrected chi connectivity index (χ4v) is 4.48. The van der Waals surface area contributed by atoms with Crippen LogP contribution in [0.1, 0.15) is 61.8 Å². The van der Waals surface area contributed by atoms with Crippen molar-refractivity contribution >= 4 is 23.0 Å². The Morgan fingerprint density at radius 3 is 2.85 bits per heavy atom. The lowest BCUT2D eigenvalue weighted by atomic mass is 9.90. The molecule has 0 spiro atoms. The van der Waals surface area contributed by atoms with Crippen molar-refractivity contribution in [1.29, 1.82) is 0 Å². The Labute approximate surface area is 193 Å². The highest BCUT2D eigenvalue weighted by atomic mass is 16.5. The van der Waals surface area contributed by atoms with E-state index >= 15 is 0 Å². The second kappa shape index (κ2) is 10.5. The third-order valence-corrected chi connectivity index (χ3v) is 6.14. The zero-order chi connectivity index (χ0) is 23.2. The molecular formula is C25H31N5O3. The number of imidazole rings is 1. The van der Waals surface area contributed by atoms with Gasteiger partial charge >= 0.3 is 6.09 Å². The second-order valence-corrected chi connectivity index (χ2v) is 8.45. The molecule has 0 aliphatic heterocycles. The van der Waals surface area contributed by atoms with Gasteiger partial charge in [-0.05, 0) is 62.4 Å². The lowest BCUT2D eigenvalue weighted by Gasteiger charge is -2.31. The van der Waals surface area contributed by atoms with E-state index in [-0.39, 0.29) is 24.1 Å². The Hall–Kier alpha value is -3.42. The van der Waals surface area contributed by atoms with Gasteiger partial charge in [0.25, 0.3) is 5.91 Å². The third kappa shape index (κ3) is 5.16. The quantitative estimate of drug-likeness (QED) is 0.519. The molecule has 0 unspecified atom stereocenters. The minimum absolute atomic E-state index is 0.0389. The number of nitrogens with zero attached hydrogens (tertiary/aromatic N) is 3. The Balaban J connectivity index is 1.65. The van der Waals surface area contributed by atoms with E-state index in [1.54, 1.807) is 13.2 Å². The van der Waals surface area contributed by atoms with Gasteiger partial charge in [0.2, 0.25) is 0 Å². The van der Waals surface area contributed by atoms with Crippen molar-refractivity contribution in [2.75, 3.05) is 13.7 Å². The fraction of sp³-hybridized carbons (Fsp3) is 0.440. The minimum atomic E-state index is -0.343. The largest absolute Gasteiger partial charge is 0.450 e. The predicted octanol–water partition coefficient (Wildman–Crippen LogP) is 4.47. The first-order valence-electron chi connectivity index (χ1n) is 11.7. The molecule has 0 radical (unpaired) electrons. The number of hydrogen-bond acceptors (Lipinski definition) is 5. The normalized spacial score (nSPS) is 18.1. The number of unbranched alkanes of at least 4 members (excludes halogenated alkanes) is 1. The summed E-state index contributed by atoms with van der Waals surface area (Å²) in [6.07, 6.45) is 6.94. The molecule has 33 heavy (non-hydrogen) atoms. The van der Waals surface area contributed by atoms with Crippen LogP contribution in [0.25, 0.3) is 22.6 Å². The van der Waals surface area contributed by atoms with Gasteiger partial charge in [0.15, 0.2) is 5.82 Å². The Morgan fingerprint density at radius 2 is 2.09 bits per heavy atom. The van der Waals surface area contributed by atoms with Gasteiger partial charge in [-0.15, -0.1) is 0 Å². The lowest BCUT2D eigenvalue weighted by molar-refractivity contribution is 0.0963. The molecule has 2 aromatic heterocycles. The van der Waals surface area contributed by atoms with E-state index in [1.165, 1.54) is 0 Å². The monoisotopic (exact) mass is 449 g/mol. The number of alkyl carbamates (subject to hydrolysis) is 1. The number of rotatable bonds is 7. The fourth-order valence-electron chi connectivity index (χ4n) is 4.48. The van der Waals surface area contributed by atoms with Crippen molar-refractivity contribution in [3.8, 4) is 11.5 Å². The van der Waals surface area contributed by atoms with Gasteiger partial charge in [-0.1, -0.05) is 19.4 Å². The number of carbonyl (C=O) groups is 2. The molecule has 3 aromatic rings. The summed E-state index contributed by atoms with van der Waals surface area (Å²) in [6, 6.07) is 11.6. The summed E-state index contributed by atoms with van der Waals surface area (Å²) in [4.78, 5) is 33.8. The summed E-state index contributed by atoms with van der Waals surface area (Å²) >= 11 is 0. The molecule has 0 bridgehead atoms. The summed E-state index contributed by atoms with van der Waals surface area (Å²) < 4.78 is 7.53. The molecule has 2 heterocycles. The SMILES string of the molecule is CCCCOC(=O)N[C@H]1CCC[C@@H](n2c(-c3ccccn3)nc3cc(C(=O)NC)ccc32)C1. The Morgan fingerprint density at radius 1 is 1.21 bits per heavy atom. The average Bonchev–Trinajstić information content (AvgIpc) is 3.23. The Bertz CT molecular complexity index is 1110. The van der Waals surface area contributed by atoms with E-state index in [9.17, 15) is 9.59 Å². The smallest absolute Gasteiger partial charge is 0.407 e. The van der Waals surface area contributed by atoms with Gasteiger partial charge in [0.05, 0.1) is 17.6 Å². The first-order valence-corrected chi connectivity index (χ1v) is 11.7. The average molecular weight is 450 g/mol. The molecule has 1 aromatic carbocycles. The molecule has 1 aliphatic rings. The van der Waals surface area contributed by atoms with Crippen LogP contribution in [0.5, 0.6) is 0 Å². The molecule has 2 amide bonds. The highest BCUT2D eigenvalue weighted by Gasteiger charge is 2.28. The van der Waals surface area contributed by atoms with Gasteiger partial charge in [-0.2, -0.15) is 0 Å². The van der Waals surface area contributed by atoms with Gasteiger partial charge in [0, 0.05) is 30.9 Å². The molecule has 8 nitrogen and oxygen atoms in total. The zero-order valence-electron chi connectivity index (χ0n) is 19.2. The van der Waals surface area contributed by atoms with Gasteiger partial charge < -0.3 is 19.9 Å². The minimum Gasteiger partial charge on any atom is -0.450 e. The molecule has 0 saturated heterocycles. The van der Waals surface area contributed by atoms with Crippen molar-refractivity contribution < 1.29 is 14.3 Å². The van der Waals surface area contributed by atoms with Crippen LogP contribution in [-0.2, 0) is 4.74 Å². The molecule has 2 N–H and O–H groups in total. The molecule has 1 fully saturated rings. The number of aromatic nitrogens is 3. The van der Waals surface area contributed by atoms with Crippen LogP contribution >= 0.6 is 0 Å². The van der Waals surface area contributed by atoms with Crippen LogP contribution in [0.2, 0.25) is 0 Å². The summed E-state index contributed by atoms with van der Waals surface area (Å²) in [5.41, 5.74) is 3.06. The summed E-state index contributed by atoms with van der Waals surface area (Å²) in [6.45, 7) is 2.52. The van der Waals surface area contributed by atoms with Crippen LogP contribution in [0.15, 0.2) is 42.6 Å². The highest BCUT2D eigenvalue weighted by molar-refractivity contribution is 5.97. The van der Waals surface area contributed by atoms with Crippen LogP contribution in [0.3, 0.4) is 0 Å². The number of hydrogen-bond donors (Lipinski definition) is 2. The molecule has 4 rings (SSSR count). The maximum Gasteiger partial charge on any atom is 0.407 e. The van der Waals surface area contributed by atoms with Crippen LogP contribution in [-0.4, -0.2) is 46.2 Å². The van der Waals surface area contributed by atoms with Gasteiger partial charge in [-0.3, -0.25) is 9.78 Å². The maximum absolute atomic E-state index is 12.2. The van der Waals surface area contributed by atoms with Crippen LogP contribution in [0.4, 0.5) is 4.79 Å². The van der Waals surface area contributed by atoms with E-state index in [1.807, 2.05) is 36.4 Å².